The zero-order valence-electron chi connectivity index (χ0n) is 18.0. The van der Waals surface area contributed by atoms with Crippen LogP contribution in [0.4, 0.5) is 11.4 Å². The number of benzene rings is 2. The Balaban J connectivity index is 2.26. The van der Waals surface area contributed by atoms with Crippen molar-refractivity contribution in [2.75, 3.05) is 11.5 Å². The second-order valence-electron chi connectivity index (χ2n) is 7.11. The first-order chi connectivity index (χ1) is 17.0. The Hall–Kier alpha value is -4.38. The van der Waals surface area contributed by atoms with Gasteiger partial charge in [0.1, 0.15) is 35.1 Å². The lowest BCUT2D eigenvalue weighted by atomic mass is 9.96. The van der Waals surface area contributed by atoms with E-state index in [2.05, 4.69) is 29.9 Å². The third kappa shape index (κ3) is 4.86. The summed E-state index contributed by atoms with van der Waals surface area (Å²) in [6.07, 6.45) is 4.52. The first-order valence-electron chi connectivity index (χ1n) is 9.71. The molecule has 2 aromatic heterocycles. The molecule has 0 spiro atoms. The summed E-state index contributed by atoms with van der Waals surface area (Å²) in [5.74, 6) is -0.189. The minimum atomic E-state index is -5.36. The highest BCUT2D eigenvalue weighted by molar-refractivity contribution is 8.01. The van der Waals surface area contributed by atoms with Crippen LogP contribution in [0.3, 0.4) is 0 Å². The largest absolute Gasteiger partial charge is 0.399 e. The number of hydrogen-bond acceptors (Lipinski definition) is 12. The van der Waals surface area contributed by atoms with E-state index in [9.17, 15) is 25.9 Å². The Labute approximate surface area is 204 Å². The molecule has 0 radical (unpaired) electrons. The Morgan fingerprint density at radius 3 is 1.58 bits per heavy atom. The highest BCUT2D eigenvalue weighted by Gasteiger charge is 2.34. The average Bonchev–Trinajstić information content (AvgIpc) is 2.83. The van der Waals surface area contributed by atoms with Crippen LogP contribution in [0.5, 0.6) is 0 Å². The molecule has 0 saturated heterocycles. The molecule has 184 valence electrons. The van der Waals surface area contributed by atoms with Crippen LogP contribution in [-0.2, 0) is 20.2 Å². The molecule has 0 atom stereocenters. The van der Waals surface area contributed by atoms with Crippen molar-refractivity contribution in [3.63, 3.8) is 0 Å². The van der Waals surface area contributed by atoms with Crippen LogP contribution >= 0.6 is 0 Å². The lowest BCUT2D eigenvalue weighted by molar-refractivity contribution is 0.491. The lowest BCUT2D eigenvalue weighted by Crippen LogP contribution is -2.13. The predicted octanol–water partition coefficient (Wildman–Crippen LogP) is 1.16. The van der Waals surface area contributed by atoms with Gasteiger partial charge in [0.2, 0.25) is 0 Å². The number of anilines is 2. The summed E-state index contributed by atoms with van der Waals surface area (Å²) in [7, 11) is -10.6. The summed E-state index contributed by atoms with van der Waals surface area (Å²) in [6, 6.07) is 7.27. The Kier molecular flexibility index (Phi) is 6.42. The Morgan fingerprint density at radius 2 is 1.11 bits per heavy atom. The van der Waals surface area contributed by atoms with Gasteiger partial charge in [-0.1, -0.05) is 18.2 Å². The number of nitrogens with two attached hydrogens (primary N) is 2. The van der Waals surface area contributed by atoms with Crippen molar-refractivity contribution in [2.45, 2.75) is 0 Å². The van der Waals surface area contributed by atoms with Gasteiger partial charge >= 0.3 is 0 Å². The standard InChI is InChI=1S/C20H16N8O6S2/c21-12-3-1-11(2-4-12)17(35(29,30)31)18(36(32,33)34)13-5-6-14(22)16(20-27-9-24-10-28-20)15(13)19-25-7-23-8-26-19/h1-10H,21-22H2,(H,29,30,31)(H,32,33,34). The van der Waals surface area contributed by atoms with Gasteiger partial charge in [0.15, 0.2) is 11.6 Å². The van der Waals surface area contributed by atoms with E-state index in [1.807, 2.05) is 0 Å². The summed E-state index contributed by atoms with van der Waals surface area (Å²) >= 11 is 0. The van der Waals surface area contributed by atoms with Crippen LogP contribution in [0, 0.1) is 0 Å². The van der Waals surface area contributed by atoms with Gasteiger partial charge in [-0.25, -0.2) is 29.9 Å². The molecular formula is C20H16N8O6S2. The van der Waals surface area contributed by atoms with Crippen LogP contribution in [0.2, 0.25) is 0 Å². The van der Waals surface area contributed by atoms with Crippen LogP contribution in [0.25, 0.3) is 32.6 Å². The van der Waals surface area contributed by atoms with E-state index in [0.717, 1.165) is 43.5 Å². The first kappa shape index (κ1) is 24.7. The summed E-state index contributed by atoms with van der Waals surface area (Å²) in [4.78, 5) is 21.3. The SMILES string of the molecule is Nc1ccc(C(=C(c2ccc(N)c(-c3ncncn3)c2-c2ncncn2)S(=O)(=O)O)S(=O)(=O)O)cc1. The molecule has 0 aliphatic carbocycles. The third-order valence-corrected chi connectivity index (χ3v) is 6.84. The normalized spacial score (nSPS) is 12.7. The van der Waals surface area contributed by atoms with Crippen LogP contribution in [-0.4, -0.2) is 55.8 Å². The molecule has 0 saturated carbocycles. The Bertz CT molecular complexity index is 1680. The maximum atomic E-state index is 12.7. The van der Waals surface area contributed by atoms with E-state index >= 15 is 0 Å². The average molecular weight is 529 g/mol. The van der Waals surface area contributed by atoms with Gasteiger partial charge in [0.25, 0.3) is 20.2 Å². The number of hydrogen-bond donors (Lipinski definition) is 4. The highest BCUT2D eigenvalue weighted by atomic mass is 32.2. The van der Waals surface area contributed by atoms with E-state index in [0.29, 0.717) is 0 Å². The van der Waals surface area contributed by atoms with Gasteiger partial charge in [-0.15, -0.1) is 0 Å². The summed E-state index contributed by atoms with van der Waals surface area (Å²) in [6.45, 7) is 0. The molecule has 14 nitrogen and oxygen atoms in total. The fourth-order valence-corrected chi connectivity index (χ4v) is 5.64. The Morgan fingerprint density at radius 1 is 0.639 bits per heavy atom. The van der Waals surface area contributed by atoms with E-state index < -0.39 is 35.6 Å². The molecule has 0 aliphatic heterocycles. The van der Waals surface area contributed by atoms with Gasteiger partial charge in [-0.05, 0) is 23.8 Å². The topological polar surface area (TPSA) is 238 Å². The maximum absolute atomic E-state index is 12.7. The smallest absolute Gasteiger partial charge is 0.296 e. The molecular weight excluding hydrogens is 512 g/mol. The van der Waals surface area contributed by atoms with E-state index in [4.69, 9.17) is 11.5 Å². The van der Waals surface area contributed by atoms with Crippen LogP contribution in [0.1, 0.15) is 11.1 Å². The molecule has 36 heavy (non-hydrogen) atoms. The van der Waals surface area contributed by atoms with Gasteiger partial charge in [-0.3, -0.25) is 9.11 Å². The molecule has 4 aromatic rings. The molecule has 4 rings (SSSR count). The van der Waals surface area contributed by atoms with Crippen molar-refractivity contribution in [1.82, 2.24) is 29.9 Å². The highest BCUT2D eigenvalue weighted by Crippen LogP contribution is 2.43. The molecule has 2 heterocycles. The van der Waals surface area contributed by atoms with Crippen molar-refractivity contribution in [1.29, 1.82) is 0 Å². The van der Waals surface area contributed by atoms with Crippen molar-refractivity contribution >= 4 is 41.4 Å². The molecule has 0 aliphatic rings. The van der Waals surface area contributed by atoms with Crippen molar-refractivity contribution < 1.29 is 25.9 Å². The molecule has 0 bridgehead atoms. The lowest BCUT2D eigenvalue weighted by Gasteiger charge is -2.18. The number of nitrogens with zero attached hydrogens (tertiary/aromatic N) is 6. The molecule has 6 N–H and O–H groups in total. The number of nitrogen functional groups attached to an aromatic ring is 2. The summed E-state index contributed by atoms with van der Waals surface area (Å²) < 4.78 is 71.0. The second-order valence-corrected chi connectivity index (χ2v) is 9.82. The number of aromatic nitrogens is 6. The molecule has 0 unspecified atom stereocenters. The van der Waals surface area contributed by atoms with E-state index in [-0.39, 0.29) is 39.7 Å². The zero-order chi connectivity index (χ0) is 26.1. The van der Waals surface area contributed by atoms with Crippen molar-refractivity contribution in [2.24, 2.45) is 0 Å². The quantitative estimate of drug-likeness (QED) is 0.156. The zero-order valence-corrected chi connectivity index (χ0v) is 19.6. The monoisotopic (exact) mass is 528 g/mol. The van der Waals surface area contributed by atoms with E-state index in [1.165, 1.54) is 18.2 Å². The van der Waals surface area contributed by atoms with Gasteiger partial charge in [0.05, 0.1) is 5.56 Å². The minimum absolute atomic E-state index is 0.00856. The summed E-state index contributed by atoms with van der Waals surface area (Å²) in [5, 5.41) is 0. The van der Waals surface area contributed by atoms with Gasteiger partial charge in [-0.2, -0.15) is 16.8 Å². The predicted molar refractivity (Wildman–Crippen MR) is 129 cm³/mol. The van der Waals surface area contributed by atoms with E-state index in [1.54, 1.807) is 0 Å². The molecule has 2 aromatic carbocycles. The maximum Gasteiger partial charge on any atom is 0.296 e. The van der Waals surface area contributed by atoms with Crippen molar-refractivity contribution in [3.05, 3.63) is 72.8 Å². The molecule has 0 fully saturated rings. The molecule has 16 heteroatoms. The molecule has 0 amide bonds. The fraction of sp³-hybridized carbons (Fsp3) is 0. The van der Waals surface area contributed by atoms with Crippen molar-refractivity contribution in [3.8, 4) is 22.8 Å². The number of rotatable bonds is 6. The summed E-state index contributed by atoms with van der Waals surface area (Å²) in [5.41, 5.74) is 11.3. The first-order valence-corrected chi connectivity index (χ1v) is 12.6. The van der Waals surface area contributed by atoms with Gasteiger partial charge < -0.3 is 11.5 Å². The minimum Gasteiger partial charge on any atom is -0.399 e. The van der Waals surface area contributed by atoms with Crippen LogP contribution in [0.15, 0.2) is 61.7 Å². The van der Waals surface area contributed by atoms with Crippen LogP contribution < -0.4 is 11.5 Å². The van der Waals surface area contributed by atoms with Gasteiger partial charge in [0, 0.05) is 22.5 Å². The second kappa shape index (κ2) is 9.34. The third-order valence-electron chi connectivity index (χ3n) is 4.81. The fourth-order valence-electron chi connectivity index (χ4n) is 3.43.